The lowest BCUT2D eigenvalue weighted by molar-refractivity contribution is -0.140. The van der Waals surface area contributed by atoms with Crippen molar-refractivity contribution in [2.45, 2.75) is 36.2 Å². The highest BCUT2D eigenvalue weighted by Crippen LogP contribution is 2.35. The molecule has 2 amide bonds. The molecule has 1 aromatic carbocycles. The average molecular weight is 421 g/mol. The summed E-state index contributed by atoms with van der Waals surface area (Å²) in [6, 6.07) is 4.27. The number of rotatable bonds is 4. The van der Waals surface area contributed by atoms with Gasteiger partial charge in [-0.25, -0.2) is 8.42 Å². The molecular formula is C19H23N3O6S. The maximum Gasteiger partial charge on any atom is 0.247 e. The Morgan fingerprint density at radius 2 is 1.62 bits per heavy atom. The van der Waals surface area contributed by atoms with Gasteiger partial charge < -0.3 is 9.47 Å². The molecule has 3 fully saturated rings. The lowest BCUT2D eigenvalue weighted by Crippen LogP contribution is -2.53. The normalized spacial score (nSPS) is 26.2. The molecule has 0 bridgehead atoms. The number of nitrogens with zero attached hydrogens (tertiary/aromatic N) is 3. The molecule has 5 rings (SSSR count). The van der Waals surface area contributed by atoms with Crippen molar-refractivity contribution in [2.75, 3.05) is 39.4 Å². The van der Waals surface area contributed by atoms with Gasteiger partial charge in [0.15, 0.2) is 11.5 Å². The van der Waals surface area contributed by atoms with Gasteiger partial charge in [0.25, 0.3) is 0 Å². The number of benzene rings is 1. The first-order valence-electron chi connectivity index (χ1n) is 9.95. The van der Waals surface area contributed by atoms with E-state index in [-0.39, 0.29) is 42.3 Å². The van der Waals surface area contributed by atoms with Gasteiger partial charge in [-0.1, -0.05) is 0 Å². The van der Waals surface area contributed by atoms with E-state index in [1.807, 2.05) is 4.90 Å². The van der Waals surface area contributed by atoms with Crippen molar-refractivity contribution in [3.8, 4) is 11.5 Å². The molecule has 10 heteroatoms. The van der Waals surface area contributed by atoms with E-state index in [9.17, 15) is 18.0 Å². The number of piperazine rings is 1. The zero-order valence-electron chi connectivity index (χ0n) is 16.0. The van der Waals surface area contributed by atoms with Gasteiger partial charge in [-0.05, 0) is 25.0 Å². The van der Waals surface area contributed by atoms with Gasteiger partial charge in [0.1, 0.15) is 13.2 Å². The van der Waals surface area contributed by atoms with Gasteiger partial charge in [-0.15, -0.1) is 0 Å². The van der Waals surface area contributed by atoms with Crippen molar-refractivity contribution in [3.63, 3.8) is 0 Å². The first-order valence-corrected chi connectivity index (χ1v) is 11.4. The molecule has 3 aliphatic heterocycles. The Morgan fingerprint density at radius 1 is 0.931 bits per heavy atom. The lowest BCUT2D eigenvalue weighted by Gasteiger charge is -2.36. The molecule has 1 atom stereocenters. The van der Waals surface area contributed by atoms with Gasteiger partial charge in [-0.2, -0.15) is 4.31 Å². The number of hydrogen-bond donors (Lipinski definition) is 0. The van der Waals surface area contributed by atoms with Crippen LogP contribution < -0.4 is 9.47 Å². The van der Waals surface area contributed by atoms with Crippen LogP contribution in [-0.2, 0) is 19.6 Å². The highest BCUT2D eigenvalue weighted by atomic mass is 32.2. The van der Waals surface area contributed by atoms with E-state index in [1.54, 1.807) is 6.07 Å². The Morgan fingerprint density at radius 3 is 2.31 bits per heavy atom. The van der Waals surface area contributed by atoms with Crippen LogP contribution in [0.2, 0.25) is 0 Å². The van der Waals surface area contributed by atoms with E-state index in [0.717, 1.165) is 12.8 Å². The summed E-state index contributed by atoms with van der Waals surface area (Å²) in [6.45, 7) is 2.23. The molecule has 2 saturated heterocycles. The number of carbonyl (C=O) groups is 2. The number of hydrogen-bond acceptors (Lipinski definition) is 7. The number of imide groups is 1. The molecule has 0 aromatic heterocycles. The number of carbonyl (C=O) groups excluding carboxylic acids is 2. The van der Waals surface area contributed by atoms with Crippen LogP contribution in [0.3, 0.4) is 0 Å². The molecule has 1 aromatic rings. The summed E-state index contributed by atoms with van der Waals surface area (Å²) in [5, 5.41) is 0. The van der Waals surface area contributed by atoms with Crippen molar-refractivity contribution in [1.82, 2.24) is 14.1 Å². The van der Waals surface area contributed by atoms with E-state index >= 15 is 0 Å². The van der Waals surface area contributed by atoms with Crippen molar-refractivity contribution in [3.05, 3.63) is 18.2 Å². The standard InChI is InChI=1S/C19H23N3O6S/c23-18-12-15(19(24)22(18)13-1-2-13)20-5-7-21(8-6-20)29(25,26)14-3-4-16-17(11-14)28-10-9-27-16/h3-4,11,13,15H,1-2,5-10,12H2. The smallest absolute Gasteiger partial charge is 0.247 e. The van der Waals surface area contributed by atoms with Crippen molar-refractivity contribution < 1.29 is 27.5 Å². The Bertz CT molecular complexity index is 953. The summed E-state index contributed by atoms with van der Waals surface area (Å²) in [4.78, 5) is 28.4. The first kappa shape index (κ1) is 18.8. The van der Waals surface area contributed by atoms with Gasteiger partial charge >= 0.3 is 0 Å². The minimum atomic E-state index is -3.67. The Kier molecular flexibility index (Phi) is 4.52. The van der Waals surface area contributed by atoms with Crippen LogP contribution in [0.15, 0.2) is 23.1 Å². The molecule has 1 saturated carbocycles. The highest BCUT2D eigenvalue weighted by Gasteiger charge is 2.48. The van der Waals surface area contributed by atoms with Crippen molar-refractivity contribution in [2.24, 2.45) is 0 Å². The van der Waals surface area contributed by atoms with Crippen molar-refractivity contribution in [1.29, 1.82) is 0 Å². The lowest BCUT2D eigenvalue weighted by atomic mass is 10.2. The molecule has 3 heterocycles. The SMILES string of the molecule is O=C1CC(N2CCN(S(=O)(=O)c3ccc4c(c3)OCCO4)CC2)C(=O)N1C1CC1. The van der Waals surface area contributed by atoms with Gasteiger partial charge in [0, 0.05) is 38.3 Å². The monoisotopic (exact) mass is 421 g/mol. The molecule has 29 heavy (non-hydrogen) atoms. The third-order valence-corrected chi connectivity index (χ3v) is 7.83. The van der Waals surface area contributed by atoms with Gasteiger partial charge in [0.05, 0.1) is 17.4 Å². The molecule has 4 aliphatic rings. The Hall–Kier alpha value is -2.17. The van der Waals surface area contributed by atoms with E-state index in [2.05, 4.69) is 0 Å². The van der Waals surface area contributed by atoms with E-state index < -0.39 is 16.1 Å². The average Bonchev–Trinajstić information content (AvgIpc) is 3.52. The predicted molar refractivity (Wildman–Crippen MR) is 101 cm³/mol. The fourth-order valence-electron chi connectivity index (χ4n) is 4.22. The van der Waals surface area contributed by atoms with Crippen LogP contribution in [0.25, 0.3) is 0 Å². The summed E-state index contributed by atoms with van der Waals surface area (Å²) in [6.07, 6.45) is 1.99. The largest absolute Gasteiger partial charge is 0.486 e. The summed E-state index contributed by atoms with van der Waals surface area (Å²) < 4.78 is 38.5. The number of sulfonamides is 1. The molecule has 1 unspecified atom stereocenters. The molecular weight excluding hydrogens is 398 g/mol. The fraction of sp³-hybridized carbons (Fsp3) is 0.579. The van der Waals surface area contributed by atoms with Gasteiger partial charge in [-0.3, -0.25) is 19.4 Å². The Balaban J connectivity index is 1.27. The van der Waals surface area contributed by atoms with Crippen LogP contribution in [0, 0.1) is 0 Å². The number of ether oxygens (including phenoxy) is 2. The van der Waals surface area contributed by atoms with Crippen LogP contribution in [-0.4, -0.2) is 85.8 Å². The summed E-state index contributed by atoms with van der Waals surface area (Å²) in [5.41, 5.74) is 0. The predicted octanol–water partition coefficient (Wildman–Crippen LogP) is 0.0540. The van der Waals surface area contributed by atoms with Crippen LogP contribution in [0.4, 0.5) is 0 Å². The van der Waals surface area contributed by atoms with E-state index in [0.29, 0.717) is 37.8 Å². The van der Waals surface area contributed by atoms with Gasteiger partial charge in [0.2, 0.25) is 21.8 Å². The summed E-state index contributed by atoms with van der Waals surface area (Å²) in [7, 11) is -3.67. The number of amides is 2. The minimum absolute atomic E-state index is 0.0804. The fourth-order valence-corrected chi connectivity index (χ4v) is 5.66. The van der Waals surface area contributed by atoms with Crippen LogP contribution >= 0.6 is 0 Å². The number of likely N-dealkylation sites (tertiary alicyclic amines) is 1. The number of fused-ring (bicyclic) bond motifs is 1. The second kappa shape index (κ2) is 6.96. The van der Waals surface area contributed by atoms with Crippen LogP contribution in [0.1, 0.15) is 19.3 Å². The second-order valence-corrected chi connectivity index (χ2v) is 9.74. The third-order valence-electron chi connectivity index (χ3n) is 5.94. The first-order chi connectivity index (χ1) is 13.9. The molecule has 156 valence electrons. The molecule has 0 N–H and O–H groups in total. The molecule has 0 spiro atoms. The zero-order valence-corrected chi connectivity index (χ0v) is 16.8. The molecule has 0 radical (unpaired) electrons. The maximum absolute atomic E-state index is 13.0. The second-order valence-electron chi connectivity index (χ2n) is 7.80. The molecule has 1 aliphatic carbocycles. The quantitative estimate of drug-likeness (QED) is 0.634. The summed E-state index contributed by atoms with van der Waals surface area (Å²) >= 11 is 0. The van der Waals surface area contributed by atoms with Crippen LogP contribution in [0.5, 0.6) is 11.5 Å². The van der Waals surface area contributed by atoms with E-state index in [1.165, 1.54) is 21.3 Å². The topological polar surface area (TPSA) is 96.5 Å². The minimum Gasteiger partial charge on any atom is -0.486 e. The van der Waals surface area contributed by atoms with E-state index in [4.69, 9.17) is 9.47 Å². The zero-order chi connectivity index (χ0) is 20.2. The maximum atomic E-state index is 13.0. The molecule has 9 nitrogen and oxygen atoms in total. The Labute approximate surface area is 169 Å². The summed E-state index contributed by atoms with van der Waals surface area (Å²) in [5.74, 6) is 0.755. The third kappa shape index (κ3) is 3.28. The highest BCUT2D eigenvalue weighted by molar-refractivity contribution is 7.89. The van der Waals surface area contributed by atoms with Crippen molar-refractivity contribution >= 4 is 21.8 Å².